The average molecular weight is 322 g/mol. The largest absolute Gasteiger partial charge is 0.240 e. The third-order valence-electron chi connectivity index (χ3n) is 5.34. The van der Waals surface area contributed by atoms with Crippen LogP contribution in [0.4, 0.5) is 0 Å². The fourth-order valence-electron chi connectivity index (χ4n) is 4.10. The van der Waals surface area contributed by atoms with E-state index in [0.29, 0.717) is 0 Å². The number of hydrogen-bond acceptors (Lipinski definition) is 2. The van der Waals surface area contributed by atoms with Gasteiger partial charge in [0.25, 0.3) is 0 Å². The van der Waals surface area contributed by atoms with Gasteiger partial charge in [-0.25, -0.2) is 9.97 Å². The summed E-state index contributed by atoms with van der Waals surface area (Å²) in [4.78, 5) is 9.39. The van der Waals surface area contributed by atoms with Crippen molar-refractivity contribution in [3.05, 3.63) is 84.3 Å². The van der Waals surface area contributed by atoms with Crippen LogP contribution in [0.25, 0.3) is 33.2 Å². The molecule has 1 heterocycles. The number of nitrogens with zero attached hydrogens (tertiary/aromatic N) is 2. The van der Waals surface area contributed by atoms with E-state index in [1.807, 2.05) is 6.07 Å². The first-order valence-electron chi connectivity index (χ1n) is 8.61. The first kappa shape index (κ1) is 14.4. The van der Waals surface area contributed by atoms with Gasteiger partial charge in [0, 0.05) is 16.5 Å². The van der Waals surface area contributed by atoms with Crippen LogP contribution in [0.2, 0.25) is 0 Å². The van der Waals surface area contributed by atoms with Gasteiger partial charge < -0.3 is 0 Å². The lowest BCUT2D eigenvalue weighted by molar-refractivity contribution is 0.635. The Bertz CT molecular complexity index is 1110. The highest BCUT2D eigenvalue weighted by molar-refractivity contribution is 6.05. The number of rotatable bonds is 1. The van der Waals surface area contributed by atoms with Crippen LogP contribution in [0.1, 0.15) is 25.1 Å². The molecule has 0 amide bonds. The molecule has 120 valence electrons. The Balaban J connectivity index is 1.95. The molecule has 1 aliphatic rings. The Morgan fingerprint density at radius 3 is 2.32 bits per heavy atom. The smallest absolute Gasteiger partial charge is 0.116 e. The molecule has 5 rings (SSSR count). The summed E-state index contributed by atoms with van der Waals surface area (Å²) < 4.78 is 0. The molecule has 0 fully saturated rings. The van der Waals surface area contributed by atoms with Crippen molar-refractivity contribution >= 4 is 10.8 Å². The van der Waals surface area contributed by atoms with Gasteiger partial charge in [0.1, 0.15) is 6.33 Å². The Kier molecular flexibility index (Phi) is 2.87. The molecule has 0 atom stereocenters. The summed E-state index contributed by atoms with van der Waals surface area (Å²) in [7, 11) is 0. The van der Waals surface area contributed by atoms with Crippen LogP contribution < -0.4 is 0 Å². The summed E-state index contributed by atoms with van der Waals surface area (Å²) in [5, 5.41) is 2.53. The Hall–Kier alpha value is -3.00. The third-order valence-corrected chi connectivity index (χ3v) is 5.34. The molecule has 2 nitrogen and oxygen atoms in total. The first-order valence-corrected chi connectivity index (χ1v) is 8.61. The van der Waals surface area contributed by atoms with Gasteiger partial charge >= 0.3 is 0 Å². The fraction of sp³-hybridized carbons (Fsp3) is 0.130. The molecule has 2 heteroatoms. The molecule has 1 aliphatic carbocycles. The molecule has 0 unspecified atom stereocenters. The Labute approximate surface area is 147 Å². The second-order valence-corrected chi connectivity index (χ2v) is 7.15. The predicted octanol–water partition coefficient (Wildman–Crippen LogP) is 5.60. The number of aromatic nitrogens is 2. The second kappa shape index (κ2) is 5.00. The molecule has 0 N–H and O–H groups in total. The van der Waals surface area contributed by atoms with Crippen LogP contribution >= 0.6 is 0 Å². The van der Waals surface area contributed by atoms with Crippen molar-refractivity contribution in [3.8, 4) is 22.4 Å². The molecule has 3 aromatic carbocycles. The highest BCUT2D eigenvalue weighted by Gasteiger charge is 2.39. The van der Waals surface area contributed by atoms with Crippen molar-refractivity contribution in [2.24, 2.45) is 0 Å². The van der Waals surface area contributed by atoms with Gasteiger partial charge in [0.15, 0.2) is 0 Å². The van der Waals surface area contributed by atoms with Crippen LogP contribution in [-0.2, 0) is 5.41 Å². The monoisotopic (exact) mass is 322 g/mol. The number of hydrogen-bond donors (Lipinski definition) is 0. The van der Waals surface area contributed by atoms with E-state index in [0.717, 1.165) is 17.0 Å². The van der Waals surface area contributed by atoms with Crippen LogP contribution in [0.15, 0.2) is 73.1 Å². The molecule has 1 aromatic heterocycles. The van der Waals surface area contributed by atoms with Gasteiger partial charge in [-0.05, 0) is 21.9 Å². The highest BCUT2D eigenvalue weighted by Crippen LogP contribution is 2.52. The van der Waals surface area contributed by atoms with Crippen molar-refractivity contribution in [1.82, 2.24) is 9.97 Å². The van der Waals surface area contributed by atoms with Crippen molar-refractivity contribution in [3.63, 3.8) is 0 Å². The van der Waals surface area contributed by atoms with Gasteiger partial charge in [-0.2, -0.15) is 0 Å². The SMILES string of the molecule is CC1(C)c2ccc3ccccc3c2-c2c(-c3ccccc3)ncnc21. The third kappa shape index (κ3) is 1.91. The second-order valence-electron chi connectivity index (χ2n) is 7.15. The molecular weight excluding hydrogens is 304 g/mol. The van der Waals surface area contributed by atoms with Crippen molar-refractivity contribution in [2.45, 2.75) is 19.3 Å². The molecule has 0 spiro atoms. The van der Waals surface area contributed by atoms with E-state index in [2.05, 4.69) is 79.5 Å². The summed E-state index contributed by atoms with van der Waals surface area (Å²) >= 11 is 0. The lowest BCUT2D eigenvalue weighted by Gasteiger charge is -2.20. The minimum atomic E-state index is -0.124. The standard InChI is InChI=1S/C23H18N2/c1-23(2)18-13-12-15-8-6-7-11-17(15)19(18)20-21(24-14-25-22(20)23)16-9-4-3-5-10-16/h3-14H,1-2H3. The zero-order valence-electron chi connectivity index (χ0n) is 14.3. The van der Waals surface area contributed by atoms with E-state index in [1.54, 1.807) is 6.33 Å². The van der Waals surface area contributed by atoms with E-state index >= 15 is 0 Å². The average Bonchev–Trinajstić information content (AvgIpc) is 2.90. The van der Waals surface area contributed by atoms with Crippen LogP contribution in [0, 0.1) is 0 Å². The molecule has 0 aliphatic heterocycles. The van der Waals surface area contributed by atoms with E-state index in [1.165, 1.54) is 27.5 Å². The zero-order chi connectivity index (χ0) is 17.0. The summed E-state index contributed by atoms with van der Waals surface area (Å²) in [5.41, 5.74) is 6.96. The maximum Gasteiger partial charge on any atom is 0.116 e. The van der Waals surface area contributed by atoms with Gasteiger partial charge in [0.05, 0.1) is 11.4 Å². The van der Waals surface area contributed by atoms with Gasteiger partial charge in [-0.3, -0.25) is 0 Å². The van der Waals surface area contributed by atoms with Gasteiger partial charge in [0.2, 0.25) is 0 Å². The summed E-state index contributed by atoms with van der Waals surface area (Å²) in [6.45, 7) is 4.52. The van der Waals surface area contributed by atoms with Crippen molar-refractivity contribution < 1.29 is 0 Å². The molecule has 0 bridgehead atoms. The van der Waals surface area contributed by atoms with Crippen LogP contribution in [0.5, 0.6) is 0 Å². The van der Waals surface area contributed by atoms with Gasteiger partial charge in [-0.1, -0.05) is 80.6 Å². The zero-order valence-corrected chi connectivity index (χ0v) is 14.3. The van der Waals surface area contributed by atoms with Crippen molar-refractivity contribution in [2.75, 3.05) is 0 Å². The lowest BCUT2D eigenvalue weighted by atomic mass is 9.84. The number of fused-ring (bicyclic) bond motifs is 5. The van der Waals surface area contributed by atoms with E-state index < -0.39 is 0 Å². The summed E-state index contributed by atoms with van der Waals surface area (Å²) in [6.07, 6.45) is 1.71. The first-order chi connectivity index (χ1) is 12.2. The summed E-state index contributed by atoms with van der Waals surface area (Å²) in [6, 6.07) is 23.5. The molecule has 0 radical (unpaired) electrons. The maximum absolute atomic E-state index is 4.71. The maximum atomic E-state index is 4.71. The molecule has 25 heavy (non-hydrogen) atoms. The fourth-order valence-corrected chi connectivity index (χ4v) is 4.10. The minimum absolute atomic E-state index is 0.124. The van der Waals surface area contributed by atoms with Gasteiger partial charge in [-0.15, -0.1) is 0 Å². The van der Waals surface area contributed by atoms with Crippen LogP contribution in [-0.4, -0.2) is 9.97 Å². The normalized spacial score (nSPS) is 14.3. The number of benzene rings is 3. The van der Waals surface area contributed by atoms with E-state index in [9.17, 15) is 0 Å². The highest BCUT2D eigenvalue weighted by atomic mass is 14.9. The summed E-state index contributed by atoms with van der Waals surface area (Å²) in [5.74, 6) is 0. The van der Waals surface area contributed by atoms with Crippen molar-refractivity contribution in [1.29, 1.82) is 0 Å². The van der Waals surface area contributed by atoms with Crippen LogP contribution in [0.3, 0.4) is 0 Å². The quantitative estimate of drug-likeness (QED) is 0.455. The minimum Gasteiger partial charge on any atom is -0.240 e. The molecule has 0 saturated carbocycles. The van der Waals surface area contributed by atoms with E-state index in [4.69, 9.17) is 4.98 Å². The lowest BCUT2D eigenvalue weighted by Crippen LogP contribution is -2.16. The predicted molar refractivity (Wildman–Crippen MR) is 103 cm³/mol. The molecule has 0 saturated heterocycles. The Morgan fingerprint density at radius 1 is 0.720 bits per heavy atom. The molecular formula is C23H18N2. The Morgan fingerprint density at radius 2 is 1.48 bits per heavy atom. The van der Waals surface area contributed by atoms with E-state index in [-0.39, 0.29) is 5.41 Å². The molecule has 4 aromatic rings. The topological polar surface area (TPSA) is 25.8 Å².